The molecule has 1 heterocycles. The molecule has 6 heteroatoms. The van der Waals surface area contributed by atoms with Gasteiger partial charge in [0.15, 0.2) is 0 Å². The molecule has 1 amide bonds. The van der Waals surface area contributed by atoms with E-state index in [1.807, 2.05) is 12.2 Å². The number of fused-ring (bicyclic) bond motifs is 2. The summed E-state index contributed by atoms with van der Waals surface area (Å²) in [6, 6.07) is 0. The largest absolute Gasteiger partial charge is 0.325 e. The van der Waals surface area contributed by atoms with E-state index < -0.39 is 18.0 Å². The van der Waals surface area contributed by atoms with Crippen molar-refractivity contribution in [3.63, 3.8) is 0 Å². The van der Waals surface area contributed by atoms with Gasteiger partial charge in [-0.25, -0.2) is 8.78 Å². The predicted octanol–water partition coefficient (Wildman–Crippen LogP) is 4.23. The Balaban J connectivity index is 1.86. The molecule has 0 radical (unpaired) electrons. The van der Waals surface area contributed by atoms with Crippen molar-refractivity contribution in [1.29, 1.82) is 0 Å². The summed E-state index contributed by atoms with van der Waals surface area (Å²) in [6.45, 7) is 6.66. The minimum absolute atomic E-state index is 0.0693. The molecular formula is C19H25F2N3O. The fourth-order valence-electron chi connectivity index (χ4n) is 4.47. The molecular weight excluding hydrogens is 324 g/mol. The lowest BCUT2D eigenvalue weighted by atomic mass is 9.69. The number of aromatic nitrogens is 2. The Kier molecular flexibility index (Phi) is 4.56. The van der Waals surface area contributed by atoms with Crippen molar-refractivity contribution < 1.29 is 13.6 Å². The Hall–Kier alpha value is -1.98. The monoisotopic (exact) mass is 349 g/mol. The van der Waals surface area contributed by atoms with Gasteiger partial charge < -0.3 is 5.32 Å². The minimum atomic E-state index is -2.78. The van der Waals surface area contributed by atoms with Crippen LogP contribution in [0.15, 0.2) is 30.1 Å². The number of nitrogens with one attached hydrogen (secondary N) is 1. The Labute approximate surface area is 147 Å². The molecule has 3 rings (SSSR count). The molecule has 0 aliphatic heterocycles. The number of amides is 1. The molecule has 1 aromatic heterocycles. The van der Waals surface area contributed by atoms with Gasteiger partial charge in [0.25, 0.3) is 12.3 Å². The average molecular weight is 349 g/mol. The van der Waals surface area contributed by atoms with Gasteiger partial charge in [-0.15, -0.1) is 0 Å². The van der Waals surface area contributed by atoms with Crippen LogP contribution in [0.3, 0.4) is 0 Å². The zero-order chi connectivity index (χ0) is 18.4. The first-order valence-electron chi connectivity index (χ1n) is 8.73. The smallest absolute Gasteiger partial charge is 0.282 e. The Morgan fingerprint density at radius 1 is 1.40 bits per heavy atom. The lowest BCUT2D eigenvalue weighted by Crippen LogP contribution is -2.35. The van der Waals surface area contributed by atoms with Gasteiger partial charge in [-0.05, 0) is 42.1 Å². The predicted molar refractivity (Wildman–Crippen MR) is 92.0 cm³/mol. The standard InChI is InChI=1S/C19H25F2N3O/c1-11-14-9-8-12(19(14,2)3)6-5-7-15(11)22-18(25)13-10-24(4)23-16(13)17(20)21/h5-7,10-12,14,17H,8-9H2,1-4H3,(H,22,25)/b6-5-,15-7+. The van der Waals surface area contributed by atoms with Crippen LogP contribution >= 0.6 is 0 Å². The van der Waals surface area contributed by atoms with Crippen molar-refractivity contribution in [2.75, 3.05) is 0 Å². The summed E-state index contributed by atoms with van der Waals surface area (Å²) in [5.41, 5.74) is 0.391. The molecule has 25 heavy (non-hydrogen) atoms. The summed E-state index contributed by atoms with van der Waals surface area (Å²) in [6.07, 6.45) is 6.90. The van der Waals surface area contributed by atoms with Gasteiger partial charge in [-0.2, -0.15) is 5.10 Å². The summed E-state index contributed by atoms with van der Waals surface area (Å²) in [5, 5.41) is 6.58. The SMILES string of the molecule is CC1/C(NC(=O)c2cn(C)nc2C(F)F)=C\C=C/C2CCC1C2(C)C. The van der Waals surface area contributed by atoms with Gasteiger partial charge in [0.2, 0.25) is 0 Å². The van der Waals surface area contributed by atoms with E-state index in [2.05, 4.69) is 37.3 Å². The molecule has 2 aliphatic carbocycles. The maximum absolute atomic E-state index is 13.1. The summed E-state index contributed by atoms with van der Waals surface area (Å²) >= 11 is 0. The van der Waals surface area contributed by atoms with Crippen LogP contribution in [0.2, 0.25) is 0 Å². The van der Waals surface area contributed by atoms with Gasteiger partial charge in [-0.1, -0.05) is 32.9 Å². The van der Waals surface area contributed by atoms with E-state index in [1.54, 1.807) is 0 Å². The van der Waals surface area contributed by atoms with Gasteiger partial charge in [0.1, 0.15) is 5.69 Å². The van der Waals surface area contributed by atoms with Crippen molar-refractivity contribution in [3.8, 4) is 0 Å². The van der Waals surface area contributed by atoms with E-state index in [0.29, 0.717) is 11.8 Å². The normalized spacial score (nSPS) is 31.2. The molecule has 1 saturated carbocycles. The number of allylic oxidation sites excluding steroid dienone is 4. The van der Waals surface area contributed by atoms with E-state index in [-0.39, 0.29) is 16.9 Å². The number of carbonyl (C=O) groups is 1. The highest BCUT2D eigenvalue weighted by Crippen LogP contribution is 2.53. The molecule has 1 N–H and O–H groups in total. The number of alkyl halides is 2. The van der Waals surface area contributed by atoms with Crippen LogP contribution in [0.4, 0.5) is 8.78 Å². The van der Waals surface area contributed by atoms with Crippen LogP contribution in [-0.2, 0) is 7.05 Å². The van der Waals surface area contributed by atoms with Gasteiger partial charge in [-0.3, -0.25) is 9.48 Å². The molecule has 2 aliphatic rings. The molecule has 136 valence electrons. The van der Waals surface area contributed by atoms with Crippen molar-refractivity contribution in [2.24, 2.45) is 30.2 Å². The highest BCUT2D eigenvalue weighted by Gasteiger charge is 2.45. The molecule has 1 fully saturated rings. The van der Waals surface area contributed by atoms with Crippen LogP contribution in [0, 0.1) is 23.2 Å². The van der Waals surface area contributed by atoms with Crippen LogP contribution in [0.5, 0.6) is 0 Å². The van der Waals surface area contributed by atoms with Crippen molar-refractivity contribution in [2.45, 2.75) is 40.0 Å². The number of nitrogens with zero attached hydrogens (tertiary/aromatic N) is 2. The summed E-state index contributed by atoms with van der Waals surface area (Å²) in [7, 11) is 1.53. The number of aryl methyl sites for hydroxylation is 1. The van der Waals surface area contributed by atoms with Gasteiger partial charge in [0.05, 0.1) is 5.56 Å². The molecule has 0 spiro atoms. The second-order valence-electron chi connectivity index (χ2n) is 7.76. The molecule has 4 nitrogen and oxygen atoms in total. The fraction of sp³-hybridized carbons (Fsp3) is 0.579. The third kappa shape index (κ3) is 3.14. The summed E-state index contributed by atoms with van der Waals surface area (Å²) in [4.78, 5) is 12.6. The molecule has 3 atom stereocenters. The topological polar surface area (TPSA) is 46.9 Å². The molecule has 2 bridgehead atoms. The van der Waals surface area contributed by atoms with E-state index in [0.717, 1.165) is 18.5 Å². The highest BCUT2D eigenvalue weighted by molar-refractivity contribution is 5.96. The molecule has 1 aromatic rings. The van der Waals surface area contributed by atoms with Crippen LogP contribution < -0.4 is 5.32 Å². The van der Waals surface area contributed by atoms with Crippen LogP contribution in [-0.4, -0.2) is 15.7 Å². The number of rotatable bonds is 3. The highest BCUT2D eigenvalue weighted by atomic mass is 19.3. The van der Waals surface area contributed by atoms with Gasteiger partial charge >= 0.3 is 0 Å². The maximum atomic E-state index is 13.1. The number of halogens is 2. The molecule has 0 saturated heterocycles. The van der Waals surface area contributed by atoms with Crippen LogP contribution in [0.25, 0.3) is 0 Å². The van der Waals surface area contributed by atoms with Crippen molar-refractivity contribution in [1.82, 2.24) is 15.1 Å². The summed E-state index contributed by atoms with van der Waals surface area (Å²) < 4.78 is 27.5. The quantitative estimate of drug-likeness (QED) is 0.888. The first-order valence-corrected chi connectivity index (χ1v) is 8.73. The lowest BCUT2D eigenvalue weighted by molar-refractivity contribution is 0.0936. The Bertz CT molecular complexity index is 733. The average Bonchev–Trinajstić information content (AvgIpc) is 3.07. The Morgan fingerprint density at radius 2 is 2.12 bits per heavy atom. The zero-order valence-electron chi connectivity index (χ0n) is 15.1. The molecule has 0 aromatic carbocycles. The third-order valence-corrected chi connectivity index (χ3v) is 5.98. The maximum Gasteiger partial charge on any atom is 0.282 e. The number of hydrogen-bond donors (Lipinski definition) is 1. The summed E-state index contributed by atoms with van der Waals surface area (Å²) in [5.74, 6) is 0.609. The van der Waals surface area contributed by atoms with Gasteiger partial charge in [0, 0.05) is 18.9 Å². The van der Waals surface area contributed by atoms with E-state index >= 15 is 0 Å². The van der Waals surface area contributed by atoms with E-state index in [9.17, 15) is 13.6 Å². The van der Waals surface area contributed by atoms with Crippen LogP contribution in [0.1, 0.15) is 56.1 Å². The van der Waals surface area contributed by atoms with E-state index in [4.69, 9.17) is 0 Å². The first kappa shape index (κ1) is 17.8. The number of hydrogen-bond acceptors (Lipinski definition) is 2. The molecule has 3 unspecified atom stereocenters. The lowest BCUT2D eigenvalue weighted by Gasteiger charge is -2.37. The second-order valence-corrected chi connectivity index (χ2v) is 7.76. The number of carbonyl (C=O) groups excluding carboxylic acids is 1. The van der Waals surface area contributed by atoms with E-state index in [1.165, 1.54) is 17.9 Å². The first-order chi connectivity index (χ1) is 11.7. The van der Waals surface area contributed by atoms with Crippen molar-refractivity contribution in [3.05, 3.63) is 41.4 Å². The van der Waals surface area contributed by atoms with Crippen molar-refractivity contribution >= 4 is 5.91 Å². The Morgan fingerprint density at radius 3 is 2.80 bits per heavy atom. The second kappa shape index (κ2) is 6.39. The fourth-order valence-corrected chi connectivity index (χ4v) is 4.47. The third-order valence-electron chi connectivity index (χ3n) is 5.98. The zero-order valence-corrected chi connectivity index (χ0v) is 15.1. The minimum Gasteiger partial charge on any atom is -0.325 e.